The van der Waals surface area contributed by atoms with E-state index in [1.54, 1.807) is 6.92 Å². The summed E-state index contributed by atoms with van der Waals surface area (Å²) in [5.74, 6) is -4.01. The number of Topliss-reactive ketones (excluding diaryl/α,β-unsaturated/α-hetero) is 1. The number of ether oxygens (including phenoxy) is 10. The summed E-state index contributed by atoms with van der Waals surface area (Å²) in [4.78, 5) is 30.1. The summed E-state index contributed by atoms with van der Waals surface area (Å²) in [6, 6.07) is 1.04. The highest BCUT2D eigenvalue weighted by Crippen LogP contribution is 2.72. The second kappa shape index (κ2) is 15.1. The standard InChI is InChI=1S/C42H59N3O15Si2/c1-19-15-22-28(35-27(19)36-37-41(56-35,60-61(10,11)12)40(18-52-40)42(57-36,58-37)38(50-8)51-9)32(48)30-29(34(22)49-7)24(17-25(31(30)47)59-62(13,14)39(4,5)6)55-26-16-23(44-45-43)33(20(2)53-26)54-21(3)46/h15,20,23-26,33,36-38,48H,16-18H2,1-14H3/t20-,23-,24-,25-,26-,33+,36-,37-,40-,41-,42-/m0/s1. The summed E-state index contributed by atoms with van der Waals surface area (Å²) in [7, 11) is -0.662. The molecular formula is C42H59N3O15Si2. The van der Waals surface area contributed by atoms with Crippen LogP contribution in [0.2, 0.25) is 37.8 Å². The molecule has 1 aliphatic carbocycles. The Morgan fingerprint density at radius 3 is 2.31 bits per heavy atom. The van der Waals surface area contributed by atoms with Gasteiger partial charge in [0.2, 0.25) is 11.9 Å². The summed E-state index contributed by atoms with van der Waals surface area (Å²) in [5.41, 5.74) is 9.68. The number of phenolic OH excluding ortho intramolecular Hbond substituents is 1. The number of aryl methyl sites for hydroxylation is 1. The Hall–Kier alpha value is -3.38. The van der Waals surface area contributed by atoms with E-state index >= 15 is 4.79 Å². The first-order valence-electron chi connectivity index (χ1n) is 21.0. The van der Waals surface area contributed by atoms with Gasteiger partial charge in [-0.15, -0.1) is 0 Å². The van der Waals surface area contributed by atoms with Crippen molar-refractivity contribution < 1.29 is 70.9 Å². The van der Waals surface area contributed by atoms with Crippen molar-refractivity contribution in [2.24, 2.45) is 5.11 Å². The third-order valence-electron chi connectivity index (χ3n) is 13.5. The van der Waals surface area contributed by atoms with Gasteiger partial charge in [-0.1, -0.05) is 25.9 Å². The Balaban J connectivity index is 1.32. The molecule has 4 fully saturated rings. The largest absolute Gasteiger partial charge is 0.506 e. The smallest absolute Gasteiger partial charge is 0.303 e. The number of carbonyl (C=O) groups is 2. The van der Waals surface area contributed by atoms with Crippen LogP contribution in [0.4, 0.5) is 0 Å². The number of epoxide rings is 1. The summed E-state index contributed by atoms with van der Waals surface area (Å²) in [6.45, 7) is 21.4. The number of benzene rings is 2. The number of phenols is 1. The van der Waals surface area contributed by atoms with Crippen LogP contribution in [0.25, 0.3) is 21.2 Å². The number of hydrogen-bond donors (Lipinski definition) is 1. The third-order valence-corrected chi connectivity index (χ3v) is 18.9. The predicted octanol–water partition coefficient (Wildman–Crippen LogP) is 7.14. The number of nitrogens with zero attached hydrogens (tertiary/aromatic N) is 3. The SMILES string of the molecule is COc1c2c(c(O)c3c4c(c(C)cc13)[C@@H]1O[C@@]3(C(OC)OC)O[C@@H]1[C@@](O[Si](C)(C)C)(O4)[C@@]31CO1)C(=O)[C@@H](O[Si](C)(C)C(C)(C)C)C[C@@H]2O[C@H]1C[C@H](N=[N+]=[N-])[C@H](OC(C)=O)[C@H](C)O1. The molecule has 20 heteroatoms. The molecule has 11 atom stereocenters. The minimum Gasteiger partial charge on any atom is -0.506 e. The van der Waals surface area contributed by atoms with Crippen molar-refractivity contribution in [1.29, 1.82) is 0 Å². The Kier molecular flexibility index (Phi) is 11.0. The fourth-order valence-corrected chi connectivity index (χ4v) is 12.4. The number of aromatic hydroxyl groups is 1. The number of fused-ring (bicyclic) bond motifs is 8. The Morgan fingerprint density at radius 2 is 1.74 bits per heavy atom. The number of methoxy groups -OCH3 is 3. The number of esters is 1. The van der Waals surface area contributed by atoms with Gasteiger partial charge in [0, 0.05) is 55.4 Å². The van der Waals surface area contributed by atoms with Crippen molar-refractivity contribution in [3.63, 3.8) is 0 Å². The molecule has 62 heavy (non-hydrogen) atoms. The molecule has 2 bridgehead atoms. The molecule has 6 aliphatic rings. The molecule has 0 aromatic heterocycles. The first-order chi connectivity index (χ1) is 28.9. The lowest BCUT2D eigenvalue weighted by Crippen LogP contribution is -2.72. The van der Waals surface area contributed by atoms with Gasteiger partial charge in [0.15, 0.2) is 34.8 Å². The maximum atomic E-state index is 15.1. The Bertz CT molecular complexity index is 2230. The molecule has 5 heterocycles. The van der Waals surface area contributed by atoms with Gasteiger partial charge in [0.25, 0.3) is 11.6 Å². The molecule has 1 spiro atoms. The van der Waals surface area contributed by atoms with Gasteiger partial charge in [-0.2, -0.15) is 0 Å². The van der Waals surface area contributed by atoms with E-state index in [9.17, 15) is 15.4 Å². The highest BCUT2D eigenvalue weighted by molar-refractivity contribution is 6.74. The Morgan fingerprint density at radius 1 is 1.06 bits per heavy atom. The molecule has 0 amide bonds. The van der Waals surface area contributed by atoms with Crippen LogP contribution in [-0.4, -0.2) is 122 Å². The van der Waals surface area contributed by atoms with E-state index in [1.165, 1.54) is 28.3 Å². The van der Waals surface area contributed by atoms with Gasteiger partial charge in [-0.05, 0) is 68.8 Å². The van der Waals surface area contributed by atoms with Crippen molar-refractivity contribution in [1.82, 2.24) is 0 Å². The molecule has 4 saturated heterocycles. The van der Waals surface area contributed by atoms with Crippen LogP contribution in [0.15, 0.2) is 11.2 Å². The minimum atomic E-state index is -2.63. The van der Waals surface area contributed by atoms with Crippen molar-refractivity contribution in [3.8, 4) is 17.2 Å². The molecule has 1 N–H and O–H groups in total. The lowest BCUT2D eigenvalue weighted by molar-refractivity contribution is -0.342. The number of rotatable bonds is 12. The molecule has 2 aromatic rings. The van der Waals surface area contributed by atoms with E-state index in [2.05, 4.69) is 43.9 Å². The molecule has 0 saturated carbocycles. The zero-order valence-electron chi connectivity index (χ0n) is 37.9. The lowest BCUT2D eigenvalue weighted by atomic mass is 9.77. The van der Waals surface area contributed by atoms with Gasteiger partial charge in [-0.3, -0.25) is 9.59 Å². The van der Waals surface area contributed by atoms with E-state index in [0.29, 0.717) is 16.5 Å². The lowest BCUT2D eigenvalue weighted by Gasteiger charge is -2.51. The summed E-state index contributed by atoms with van der Waals surface area (Å²) >= 11 is 0. The van der Waals surface area contributed by atoms with E-state index in [1.807, 2.05) is 32.6 Å². The van der Waals surface area contributed by atoms with Crippen LogP contribution >= 0.6 is 0 Å². The van der Waals surface area contributed by atoms with Gasteiger partial charge >= 0.3 is 5.97 Å². The number of azide groups is 1. The third kappa shape index (κ3) is 6.54. The van der Waals surface area contributed by atoms with Crippen molar-refractivity contribution in [2.75, 3.05) is 27.9 Å². The van der Waals surface area contributed by atoms with Crippen LogP contribution < -0.4 is 9.47 Å². The number of carbonyl (C=O) groups excluding carboxylic acids is 2. The van der Waals surface area contributed by atoms with E-state index in [4.69, 9.17) is 56.2 Å². The molecule has 2 aromatic carbocycles. The van der Waals surface area contributed by atoms with Crippen LogP contribution in [-0.2, 0) is 51.5 Å². The summed E-state index contributed by atoms with van der Waals surface area (Å²) in [5, 5.41) is 17.2. The first-order valence-corrected chi connectivity index (χ1v) is 27.4. The molecule has 0 radical (unpaired) electrons. The Labute approximate surface area is 362 Å². The highest BCUT2D eigenvalue weighted by Gasteiger charge is 2.93. The fraction of sp³-hybridized carbons (Fsp3) is 0.714. The fourth-order valence-electron chi connectivity index (χ4n) is 9.90. The van der Waals surface area contributed by atoms with Gasteiger partial charge in [0.05, 0.1) is 42.9 Å². The highest BCUT2D eigenvalue weighted by atomic mass is 28.4. The quantitative estimate of drug-likeness (QED) is 0.0426. The van der Waals surface area contributed by atoms with Crippen molar-refractivity contribution in [3.05, 3.63) is 38.8 Å². The van der Waals surface area contributed by atoms with Crippen LogP contribution in [0.5, 0.6) is 17.2 Å². The van der Waals surface area contributed by atoms with Crippen molar-refractivity contribution >= 4 is 39.2 Å². The van der Waals surface area contributed by atoms with Crippen LogP contribution in [0.3, 0.4) is 0 Å². The van der Waals surface area contributed by atoms with Crippen LogP contribution in [0, 0.1) is 6.92 Å². The summed E-state index contributed by atoms with van der Waals surface area (Å²) in [6.07, 6.45) is -7.11. The number of hydrogen-bond acceptors (Lipinski definition) is 16. The minimum absolute atomic E-state index is 0.0321. The monoisotopic (exact) mass is 901 g/mol. The molecule has 0 unspecified atom stereocenters. The molecular weight excluding hydrogens is 843 g/mol. The average Bonchev–Trinajstić information content (AvgIpc) is 3.84. The molecule has 340 valence electrons. The van der Waals surface area contributed by atoms with E-state index in [0.717, 1.165) is 5.56 Å². The zero-order chi connectivity index (χ0) is 45.3. The molecule has 8 rings (SSSR count). The maximum absolute atomic E-state index is 15.1. The van der Waals surface area contributed by atoms with Gasteiger partial charge < -0.3 is 61.3 Å². The van der Waals surface area contributed by atoms with E-state index in [-0.39, 0.29) is 52.7 Å². The first kappa shape index (κ1) is 45.2. The normalized spacial score (nSPS) is 34.8. The van der Waals surface area contributed by atoms with E-state index < -0.39 is 101 Å². The zero-order valence-corrected chi connectivity index (χ0v) is 39.9. The van der Waals surface area contributed by atoms with Crippen LogP contribution in [0.1, 0.15) is 86.7 Å². The topological polar surface area (TPSA) is 217 Å². The molecule has 5 aliphatic heterocycles. The summed E-state index contributed by atoms with van der Waals surface area (Å²) < 4.78 is 77.6. The second-order valence-electron chi connectivity index (χ2n) is 19.6. The van der Waals surface area contributed by atoms with Crippen molar-refractivity contribution in [2.45, 2.75) is 165 Å². The predicted molar refractivity (Wildman–Crippen MR) is 225 cm³/mol. The maximum Gasteiger partial charge on any atom is 0.303 e. The second-order valence-corrected chi connectivity index (χ2v) is 28.8. The van der Waals surface area contributed by atoms with Gasteiger partial charge in [0.1, 0.15) is 35.6 Å². The molecule has 18 nitrogen and oxygen atoms in total. The average molecular weight is 902 g/mol. The van der Waals surface area contributed by atoms with Gasteiger partial charge in [-0.25, -0.2) is 0 Å². The number of ketones is 1.